The summed E-state index contributed by atoms with van der Waals surface area (Å²) in [5, 5.41) is 14.7. The molecule has 3 N–H and O–H groups in total. The molecule has 0 aliphatic heterocycles. The predicted octanol–water partition coefficient (Wildman–Crippen LogP) is 2.65. The first-order chi connectivity index (χ1) is 13.8. The van der Waals surface area contributed by atoms with Gasteiger partial charge in [0.25, 0.3) is 0 Å². The van der Waals surface area contributed by atoms with Gasteiger partial charge in [-0.1, -0.05) is 30.8 Å². The summed E-state index contributed by atoms with van der Waals surface area (Å²) in [6, 6.07) is 4.70. The summed E-state index contributed by atoms with van der Waals surface area (Å²) < 4.78 is 40.5. The van der Waals surface area contributed by atoms with Crippen molar-refractivity contribution < 1.29 is 27.9 Å². The monoisotopic (exact) mass is 430 g/mol. The maximum atomic E-state index is 13.0. The van der Waals surface area contributed by atoms with Crippen LogP contribution >= 0.6 is 11.8 Å². The molecule has 0 bridgehead atoms. The number of nitrogens with one attached hydrogen (secondary N) is 2. The zero-order valence-electron chi connectivity index (χ0n) is 15.6. The molecule has 7 nitrogen and oxygen atoms in total. The third-order valence-electron chi connectivity index (χ3n) is 3.78. The highest BCUT2D eigenvalue weighted by Gasteiger charge is 2.33. The summed E-state index contributed by atoms with van der Waals surface area (Å²) in [7, 11) is 0. The third-order valence-corrected chi connectivity index (χ3v) is 4.77. The number of aliphatic hydroxyl groups is 1. The third kappa shape index (κ3) is 6.50. The minimum absolute atomic E-state index is 0.0866. The number of benzene rings is 1. The topological polar surface area (TPSA) is 96.2 Å². The van der Waals surface area contributed by atoms with E-state index in [1.807, 2.05) is 6.92 Å². The number of para-hydroxylation sites is 1. The summed E-state index contributed by atoms with van der Waals surface area (Å²) >= 11 is 0.957. The molecule has 158 valence electrons. The van der Waals surface area contributed by atoms with Gasteiger partial charge in [-0.15, -0.1) is 0 Å². The number of hydrogen-bond donors (Lipinski definition) is 3. The van der Waals surface area contributed by atoms with E-state index in [0.717, 1.165) is 24.2 Å². The number of aromatic nitrogens is 2. The van der Waals surface area contributed by atoms with Crippen LogP contribution in [0.15, 0.2) is 35.6 Å². The maximum Gasteiger partial charge on any atom is 0.418 e. The zero-order valence-corrected chi connectivity index (χ0v) is 16.4. The molecule has 29 heavy (non-hydrogen) atoms. The van der Waals surface area contributed by atoms with E-state index in [1.165, 1.54) is 29.0 Å². The molecule has 1 heterocycles. The van der Waals surface area contributed by atoms with Crippen molar-refractivity contribution in [3.63, 3.8) is 0 Å². The van der Waals surface area contributed by atoms with Crippen LogP contribution < -0.4 is 10.6 Å². The van der Waals surface area contributed by atoms with Crippen molar-refractivity contribution in [3.05, 3.63) is 41.7 Å². The van der Waals surface area contributed by atoms with Crippen LogP contribution in [-0.4, -0.2) is 38.8 Å². The zero-order chi connectivity index (χ0) is 21.4. The van der Waals surface area contributed by atoms with Crippen molar-refractivity contribution >= 4 is 29.3 Å². The average molecular weight is 430 g/mol. The number of rotatable bonds is 9. The van der Waals surface area contributed by atoms with Gasteiger partial charge in [-0.3, -0.25) is 9.59 Å². The Balaban J connectivity index is 2.04. The smallest absolute Gasteiger partial charge is 0.390 e. The molecule has 0 aliphatic rings. The standard InChI is InChI=1S/C18H21F3N4O3S/c1-2-7-22-15(27)9-25-12(10-26)8-23-17(25)29-11-16(28)24-14-6-4-3-5-13(14)18(19,20)21/h3-6,8,26H,2,7,9-11H2,1H3,(H,22,27)(H,24,28). The molecule has 2 amide bonds. The Hall–Kier alpha value is -2.53. The number of halogens is 3. The Morgan fingerprint density at radius 2 is 1.97 bits per heavy atom. The van der Waals surface area contributed by atoms with E-state index in [2.05, 4.69) is 15.6 Å². The number of nitrogens with zero attached hydrogens (tertiary/aromatic N) is 2. The lowest BCUT2D eigenvalue weighted by molar-refractivity contribution is -0.137. The highest BCUT2D eigenvalue weighted by molar-refractivity contribution is 7.99. The van der Waals surface area contributed by atoms with Gasteiger partial charge in [0.15, 0.2) is 5.16 Å². The quantitative estimate of drug-likeness (QED) is 0.532. The van der Waals surface area contributed by atoms with Gasteiger partial charge >= 0.3 is 6.18 Å². The Morgan fingerprint density at radius 3 is 2.62 bits per heavy atom. The number of amides is 2. The van der Waals surface area contributed by atoms with Crippen molar-refractivity contribution in [1.29, 1.82) is 0 Å². The molecule has 0 atom stereocenters. The number of thioether (sulfide) groups is 1. The van der Waals surface area contributed by atoms with Gasteiger partial charge in [-0.05, 0) is 18.6 Å². The minimum Gasteiger partial charge on any atom is -0.390 e. The molecule has 0 spiro atoms. The normalized spacial score (nSPS) is 11.3. The van der Waals surface area contributed by atoms with E-state index in [0.29, 0.717) is 17.4 Å². The van der Waals surface area contributed by atoms with Gasteiger partial charge in [0.05, 0.1) is 35.5 Å². The van der Waals surface area contributed by atoms with Crippen LogP contribution in [0.4, 0.5) is 18.9 Å². The fourth-order valence-corrected chi connectivity index (χ4v) is 3.22. The summed E-state index contributed by atoms with van der Waals surface area (Å²) in [5.74, 6) is -1.14. The van der Waals surface area contributed by atoms with Crippen LogP contribution in [0.5, 0.6) is 0 Å². The number of anilines is 1. The second-order valence-electron chi connectivity index (χ2n) is 6.01. The van der Waals surface area contributed by atoms with E-state index < -0.39 is 17.6 Å². The van der Waals surface area contributed by atoms with Crippen molar-refractivity contribution in [2.45, 2.75) is 37.8 Å². The molecular weight excluding hydrogens is 409 g/mol. The lowest BCUT2D eigenvalue weighted by atomic mass is 10.1. The molecular formula is C18H21F3N4O3S. The first-order valence-electron chi connectivity index (χ1n) is 8.77. The van der Waals surface area contributed by atoms with Crippen molar-refractivity contribution in [1.82, 2.24) is 14.9 Å². The van der Waals surface area contributed by atoms with Crippen LogP contribution in [-0.2, 0) is 28.9 Å². The molecule has 1 aromatic carbocycles. The Labute approximate surface area is 169 Å². The largest absolute Gasteiger partial charge is 0.418 e. The number of carbonyl (C=O) groups excluding carboxylic acids is 2. The van der Waals surface area contributed by atoms with E-state index in [-0.39, 0.29) is 30.5 Å². The minimum atomic E-state index is -4.59. The highest BCUT2D eigenvalue weighted by Crippen LogP contribution is 2.34. The molecule has 0 radical (unpaired) electrons. The van der Waals surface area contributed by atoms with Gasteiger partial charge < -0.3 is 20.3 Å². The number of hydrogen-bond acceptors (Lipinski definition) is 5. The summed E-state index contributed by atoms with van der Waals surface area (Å²) in [4.78, 5) is 28.2. The number of carbonyl (C=O) groups is 2. The lowest BCUT2D eigenvalue weighted by Crippen LogP contribution is -2.29. The van der Waals surface area contributed by atoms with Crippen LogP contribution in [0, 0.1) is 0 Å². The summed E-state index contributed by atoms with van der Waals surface area (Å²) in [6.45, 7) is 1.98. The fraction of sp³-hybridized carbons (Fsp3) is 0.389. The van der Waals surface area contributed by atoms with Gasteiger partial charge in [-0.25, -0.2) is 4.98 Å². The lowest BCUT2D eigenvalue weighted by Gasteiger charge is -2.14. The summed E-state index contributed by atoms with van der Waals surface area (Å²) in [5.41, 5.74) is -0.874. The molecule has 2 aromatic rings. The molecule has 0 aliphatic carbocycles. The van der Waals surface area contributed by atoms with E-state index in [1.54, 1.807) is 0 Å². The van der Waals surface area contributed by atoms with Crippen LogP contribution in [0.3, 0.4) is 0 Å². The second kappa shape index (κ2) is 10.3. The second-order valence-corrected chi connectivity index (χ2v) is 6.95. The number of imidazole rings is 1. The van der Waals surface area contributed by atoms with Crippen LogP contribution in [0.2, 0.25) is 0 Å². The van der Waals surface area contributed by atoms with Gasteiger partial charge in [0.2, 0.25) is 11.8 Å². The first-order valence-corrected chi connectivity index (χ1v) is 9.75. The molecule has 0 saturated carbocycles. The van der Waals surface area contributed by atoms with E-state index in [4.69, 9.17) is 0 Å². The SMILES string of the molecule is CCCNC(=O)Cn1c(CO)cnc1SCC(=O)Nc1ccccc1C(F)(F)F. The maximum absolute atomic E-state index is 13.0. The Morgan fingerprint density at radius 1 is 1.24 bits per heavy atom. The Kier molecular flexibility index (Phi) is 8.09. The van der Waals surface area contributed by atoms with E-state index >= 15 is 0 Å². The van der Waals surface area contributed by atoms with E-state index in [9.17, 15) is 27.9 Å². The van der Waals surface area contributed by atoms with Crippen molar-refractivity contribution in [2.75, 3.05) is 17.6 Å². The molecule has 2 rings (SSSR count). The fourth-order valence-electron chi connectivity index (χ4n) is 2.42. The van der Waals surface area contributed by atoms with Gasteiger partial charge in [0.1, 0.15) is 6.54 Å². The van der Waals surface area contributed by atoms with Crippen molar-refractivity contribution in [2.24, 2.45) is 0 Å². The number of alkyl halides is 3. The van der Waals surface area contributed by atoms with Crippen LogP contribution in [0.25, 0.3) is 0 Å². The first kappa shape index (κ1) is 22.8. The molecule has 1 aromatic heterocycles. The molecule has 0 fully saturated rings. The molecule has 0 saturated heterocycles. The van der Waals surface area contributed by atoms with Gasteiger partial charge in [-0.2, -0.15) is 13.2 Å². The molecule has 0 unspecified atom stereocenters. The predicted molar refractivity (Wildman–Crippen MR) is 102 cm³/mol. The summed E-state index contributed by atoms with van der Waals surface area (Å²) in [6.07, 6.45) is -2.44. The average Bonchev–Trinajstić information content (AvgIpc) is 3.05. The van der Waals surface area contributed by atoms with Gasteiger partial charge in [0, 0.05) is 6.54 Å². The number of aliphatic hydroxyl groups excluding tert-OH is 1. The van der Waals surface area contributed by atoms with Crippen LogP contribution in [0.1, 0.15) is 24.6 Å². The van der Waals surface area contributed by atoms with Crippen molar-refractivity contribution in [3.8, 4) is 0 Å². The molecule has 11 heteroatoms. The Bertz CT molecular complexity index is 855. The highest BCUT2D eigenvalue weighted by atomic mass is 32.2.